The van der Waals surface area contributed by atoms with E-state index in [0.29, 0.717) is 0 Å². The van der Waals surface area contributed by atoms with Gasteiger partial charge in [0.1, 0.15) is 5.54 Å². The predicted molar refractivity (Wildman–Crippen MR) is 112 cm³/mol. The summed E-state index contributed by atoms with van der Waals surface area (Å²) in [6.45, 7) is 5.48. The molecule has 0 saturated carbocycles. The number of hydrogen-bond donors (Lipinski definition) is 1. The minimum atomic E-state index is -0.862. The summed E-state index contributed by atoms with van der Waals surface area (Å²) >= 11 is 0. The first-order valence-electron chi connectivity index (χ1n) is 9.87. The van der Waals surface area contributed by atoms with Gasteiger partial charge in [-0.3, -0.25) is 9.69 Å². The van der Waals surface area contributed by atoms with Crippen LogP contribution in [-0.4, -0.2) is 48.9 Å². The van der Waals surface area contributed by atoms with Crippen LogP contribution >= 0.6 is 0 Å². The van der Waals surface area contributed by atoms with Crippen LogP contribution in [0.25, 0.3) is 0 Å². The Balaban J connectivity index is 1.93. The number of carbonyl (C=O) groups is 1. The summed E-state index contributed by atoms with van der Waals surface area (Å²) < 4.78 is 0. The first-order valence-corrected chi connectivity index (χ1v) is 9.87. The largest absolute Gasteiger partial charge is 0.368 e. The lowest BCUT2D eigenvalue weighted by Crippen LogP contribution is -2.61. The monoisotopic (exact) mass is 373 g/mol. The van der Waals surface area contributed by atoms with Gasteiger partial charge in [-0.1, -0.05) is 42.3 Å². The van der Waals surface area contributed by atoms with E-state index in [1.807, 2.05) is 25.1 Å². The molecule has 2 aromatic rings. The van der Waals surface area contributed by atoms with Crippen LogP contribution in [0.5, 0.6) is 0 Å². The number of benzene rings is 2. The highest BCUT2D eigenvalue weighted by molar-refractivity contribution is 5.89. The normalized spacial score (nSPS) is 25.2. The van der Waals surface area contributed by atoms with Crippen molar-refractivity contribution in [1.29, 1.82) is 0 Å². The van der Waals surface area contributed by atoms with E-state index in [1.165, 1.54) is 5.56 Å². The Morgan fingerprint density at radius 1 is 1.18 bits per heavy atom. The maximum absolute atomic E-state index is 13.2. The number of likely N-dealkylation sites (N-methyl/N-ethyl adjacent to an activating group) is 1. The molecule has 1 amide bonds. The quantitative estimate of drug-likeness (QED) is 0.840. The lowest BCUT2D eigenvalue weighted by Gasteiger charge is -2.47. The summed E-state index contributed by atoms with van der Waals surface area (Å²) in [4.78, 5) is 17.8. The van der Waals surface area contributed by atoms with Gasteiger partial charge in [-0.05, 0) is 48.7 Å². The van der Waals surface area contributed by atoms with Crippen LogP contribution in [0.3, 0.4) is 0 Å². The number of amides is 1. The third kappa shape index (κ3) is 2.74. The average Bonchev–Trinajstić information content (AvgIpc) is 3.04. The molecule has 4 nitrogen and oxygen atoms in total. The lowest BCUT2D eigenvalue weighted by molar-refractivity contribution is -0.133. The van der Waals surface area contributed by atoms with Gasteiger partial charge in [0.15, 0.2) is 0 Å². The number of carbonyl (C=O) groups excluding carboxylic acids is 1. The first-order chi connectivity index (χ1) is 13.5. The molecule has 1 aliphatic heterocycles. The van der Waals surface area contributed by atoms with Gasteiger partial charge in [-0.2, -0.15) is 0 Å². The molecule has 0 radical (unpaired) electrons. The molecular formula is C24H27N3O. The topological polar surface area (TPSA) is 49.6 Å². The van der Waals surface area contributed by atoms with E-state index in [2.05, 4.69) is 47.0 Å². The number of piperazine rings is 1. The van der Waals surface area contributed by atoms with Gasteiger partial charge in [-0.15, -0.1) is 6.42 Å². The van der Waals surface area contributed by atoms with Gasteiger partial charge >= 0.3 is 0 Å². The second kappa shape index (κ2) is 7.09. The first kappa shape index (κ1) is 18.7. The molecule has 144 valence electrons. The smallest absolute Gasteiger partial charge is 0.243 e. The maximum atomic E-state index is 13.2. The number of rotatable bonds is 3. The molecule has 1 aliphatic carbocycles. The number of hydrogen-bond acceptors (Lipinski definition) is 3. The summed E-state index contributed by atoms with van der Waals surface area (Å²) in [5.74, 6) is 2.48. The highest BCUT2D eigenvalue weighted by atomic mass is 16.1. The Morgan fingerprint density at radius 3 is 2.57 bits per heavy atom. The summed E-state index contributed by atoms with van der Waals surface area (Å²) in [7, 11) is 2.12. The third-order valence-electron chi connectivity index (χ3n) is 6.47. The SMILES string of the molecule is C#Cc1cc(C)ccc1C1Cc2ccccc2C1(C(N)=O)N1CCN(C)CC1. The molecule has 1 saturated heterocycles. The summed E-state index contributed by atoms with van der Waals surface area (Å²) in [5.41, 5.74) is 10.6. The van der Waals surface area contributed by atoms with Crippen LogP contribution < -0.4 is 5.73 Å². The molecule has 0 aromatic heterocycles. The summed E-state index contributed by atoms with van der Waals surface area (Å²) in [6.07, 6.45) is 6.63. The van der Waals surface area contributed by atoms with E-state index in [9.17, 15) is 4.79 Å². The second-order valence-electron chi connectivity index (χ2n) is 8.07. The zero-order valence-corrected chi connectivity index (χ0v) is 16.6. The van der Waals surface area contributed by atoms with Crippen molar-refractivity contribution in [3.63, 3.8) is 0 Å². The molecule has 28 heavy (non-hydrogen) atoms. The van der Waals surface area contributed by atoms with Crippen LogP contribution in [0.15, 0.2) is 42.5 Å². The zero-order chi connectivity index (χ0) is 19.9. The average molecular weight is 374 g/mol. The Labute approximate surface area is 167 Å². The molecular weight excluding hydrogens is 346 g/mol. The number of primary amides is 1. The van der Waals surface area contributed by atoms with Gasteiger partial charge in [0.25, 0.3) is 0 Å². The van der Waals surface area contributed by atoms with Gasteiger partial charge in [-0.25, -0.2) is 0 Å². The molecule has 2 unspecified atom stereocenters. The standard InChI is InChI=1S/C24H27N3O/c1-4-18-15-17(2)9-10-20(18)22-16-19-7-5-6-8-21(19)24(22,23(25)28)27-13-11-26(3)12-14-27/h1,5-10,15,22H,11-14,16H2,2-3H3,(H2,25,28). The maximum Gasteiger partial charge on any atom is 0.243 e. The van der Waals surface area contributed by atoms with Crippen molar-refractivity contribution in [1.82, 2.24) is 9.80 Å². The van der Waals surface area contributed by atoms with Crippen LogP contribution in [0, 0.1) is 19.3 Å². The van der Waals surface area contributed by atoms with E-state index in [4.69, 9.17) is 12.2 Å². The van der Waals surface area contributed by atoms with Crippen molar-refractivity contribution >= 4 is 5.91 Å². The van der Waals surface area contributed by atoms with Crippen molar-refractivity contribution in [2.24, 2.45) is 5.73 Å². The van der Waals surface area contributed by atoms with Crippen LogP contribution in [0.2, 0.25) is 0 Å². The van der Waals surface area contributed by atoms with Gasteiger partial charge in [0, 0.05) is 37.7 Å². The second-order valence-corrected chi connectivity index (χ2v) is 8.07. The van der Waals surface area contributed by atoms with E-state index in [1.54, 1.807) is 0 Å². The van der Waals surface area contributed by atoms with Crippen LogP contribution in [0.4, 0.5) is 0 Å². The minimum absolute atomic E-state index is 0.0857. The number of fused-ring (bicyclic) bond motifs is 1. The van der Waals surface area contributed by atoms with Gasteiger partial charge in [0.2, 0.25) is 5.91 Å². The highest BCUT2D eigenvalue weighted by Crippen LogP contribution is 2.51. The molecule has 1 heterocycles. The molecule has 0 spiro atoms. The van der Waals surface area contributed by atoms with E-state index in [0.717, 1.165) is 54.9 Å². The van der Waals surface area contributed by atoms with E-state index < -0.39 is 5.54 Å². The Morgan fingerprint density at radius 2 is 1.89 bits per heavy atom. The van der Waals surface area contributed by atoms with Crippen LogP contribution in [-0.2, 0) is 16.8 Å². The molecule has 2 N–H and O–H groups in total. The fraction of sp³-hybridized carbons (Fsp3) is 0.375. The fourth-order valence-electron chi connectivity index (χ4n) is 5.07. The lowest BCUT2D eigenvalue weighted by atomic mass is 9.75. The third-order valence-corrected chi connectivity index (χ3v) is 6.47. The van der Waals surface area contributed by atoms with Gasteiger partial charge in [0.05, 0.1) is 0 Å². The zero-order valence-electron chi connectivity index (χ0n) is 16.6. The molecule has 2 atom stereocenters. The summed E-state index contributed by atoms with van der Waals surface area (Å²) in [6, 6.07) is 14.4. The van der Waals surface area contributed by atoms with Crippen molar-refractivity contribution in [3.8, 4) is 12.3 Å². The minimum Gasteiger partial charge on any atom is -0.368 e. The molecule has 4 rings (SSSR count). The van der Waals surface area contributed by atoms with Crippen molar-refractivity contribution < 1.29 is 4.79 Å². The highest BCUT2D eigenvalue weighted by Gasteiger charge is 2.56. The van der Waals surface area contributed by atoms with Crippen LogP contribution in [0.1, 0.15) is 33.7 Å². The van der Waals surface area contributed by atoms with Crippen molar-refractivity contribution in [2.75, 3.05) is 33.2 Å². The molecule has 2 aliphatic rings. The number of aryl methyl sites for hydroxylation is 1. The van der Waals surface area contributed by atoms with Crippen molar-refractivity contribution in [3.05, 3.63) is 70.3 Å². The van der Waals surface area contributed by atoms with E-state index in [-0.39, 0.29) is 11.8 Å². The number of nitrogens with zero attached hydrogens (tertiary/aromatic N) is 2. The molecule has 2 aromatic carbocycles. The summed E-state index contributed by atoms with van der Waals surface area (Å²) in [5, 5.41) is 0. The molecule has 4 heteroatoms. The number of nitrogens with two attached hydrogens (primary N) is 1. The molecule has 0 bridgehead atoms. The predicted octanol–water partition coefficient (Wildman–Crippen LogP) is 2.24. The Kier molecular flexibility index (Phi) is 4.74. The fourth-order valence-corrected chi connectivity index (χ4v) is 5.07. The van der Waals surface area contributed by atoms with Crippen molar-refractivity contribution in [2.45, 2.75) is 24.8 Å². The number of terminal acetylenes is 1. The van der Waals surface area contributed by atoms with E-state index >= 15 is 0 Å². The van der Waals surface area contributed by atoms with Gasteiger partial charge < -0.3 is 10.6 Å². The Bertz CT molecular complexity index is 953. The Hall–Kier alpha value is -2.61. The molecule has 1 fully saturated rings.